The summed E-state index contributed by atoms with van der Waals surface area (Å²) < 4.78 is 10.2. The summed E-state index contributed by atoms with van der Waals surface area (Å²) in [5.74, 6) is 0.885. The van der Waals surface area contributed by atoms with Crippen LogP contribution in [0.2, 0.25) is 0 Å². The van der Waals surface area contributed by atoms with E-state index < -0.39 is 0 Å². The maximum Gasteiger partial charge on any atom is 0.118 e. The molecule has 0 amide bonds. The Morgan fingerprint density at radius 2 is 1.89 bits per heavy atom. The summed E-state index contributed by atoms with van der Waals surface area (Å²) in [6.07, 6.45) is 2.02. The zero-order valence-electron chi connectivity index (χ0n) is 12.1. The maximum absolute atomic E-state index is 9.19. The van der Waals surface area contributed by atoms with Crippen molar-refractivity contribution >= 4 is 0 Å². The maximum atomic E-state index is 9.19. The first-order valence-corrected chi connectivity index (χ1v) is 6.68. The average Bonchev–Trinajstić information content (AvgIpc) is 2.45. The molecule has 2 unspecified atom stereocenters. The normalized spacial score (nSPS) is 14.1. The lowest BCUT2D eigenvalue weighted by atomic mass is 10.1. The Hall–Kier alpha value is -1.10. The van der Waals surface area contributed by atoms with Crippen molar-refractivity contribution in [2.45, 2.75) is 31.8 Å². The monoisotopic (exact) mass is 267 g/mol. The number of hydrogen-bond acceptors (Lipinski definition) is 4. The highest BCUT2D eigenvalue weighted by molar-refractivity contribution is 5.27. The fourth-order valence-electron chi connectivity index (χ4n) is 2.02. The molecular weight excluding hydrogens is 242 g/mol. The first-order chi connectivity index (χ1) is 9.19. The Kier molecular flexibility index (Phi) is 7.48. The van der Waals surface area contributed by atoms with Gasteiger partial charge < -0.3 is 19.9 Å². The molecule has 0 saturated carbocycles. The highest BCUT2D eigenvalue weighted by Gasteiger charge is 2.10. The number of hydrogen-bond donors (Lipinski definition) is 2. The van der Waals surface area contributed by atoms with E-state index in [9.17, 15) is 5.11 Å². The topological polar surface area (TPSA) is 50.7 Å². The van der Waals surface area contributed by atoms with Gasteiger partial charge in [-0.05, 0) is 37.5 Å². The van der Waals surface area contributed by atoms with Crippen LogP contribution in [-0.4, -0.2) is 44.6 Å². The largest absolute Gasteiger partial charge is 0.497 e. The molecule has 0 radical (unpaired) electrons. The van der Waals surface area contributed by atoms with Crippen molar-refractivity contribution in [3.05, 3.63) is 29.8 Å². The average molecular weight is 267 g/mol. The van der Waals surface area contributed by atoms with Gasteiger partial charge in [0.15, 0.2) is 0 Å². The standard InChI is InChI=1S/C15H25NO3/c1-12(16-14(10-17)11-18-2)4-5-13-6-8-15(19-3)9-7-13/h6-9,12,14,16-17H,4-5,10-11H2,1-3H3. The molecule has 4 nitrogen and oxygen atoms in total. The van der Waals surface area contributed by atoms with Gasteiger partial charge in [0, 0.05) is 13.2 Å². The quantitative estimate of drug-likeness (QED) is 0.714. The van der Waals surface area contributed by atoms with Gasteiger partial charge in [0.2, 0.25) is 0 Å². The van der Waals surface area contributed by atoms with Crippen molar-refractivity contribution in [1.82, 2.24) is 5.32 Å². The molecule has 2 atom stereocenters. The lowest BCUT2D eigenvalue weighted by Gasteiger charge is -2.21. The molecule has 1 rings (SSSR count). The third-order valence-electron chi connectivity index (χ3n) is 3.13. The van der Waals surface area contributed by atoms with Crippen molar-refractivity contribution in [2.24, 2.45) is 0 Å². The summed E-state index contributed by atoms with van der Waals surface area (Å²) in [5, 5.41) is 12.6. The fourth-order valence-corrected chi connectivity index (χ4v) is 2.02. The van der Waals surface area contributed by atoms with Crippen LogP contribution in [0.4, 0.5) is 0 Å². The Bertz CT molecular complexity index is 340. The van der Waals surface area contributed by atoms with Crippen LogP contribution < -0.4 is 10.1 Å². The van der Waals surface area contributed by atoms with Crippen LogP contribution in [0.3, 0.4) is 0 Å². The summed E-state index contributed by atoms with van der Waals surface area (Å²) in [5.41, 5.74) is 1.29. The lowest BCUT2D eigenvalue weighted by molar-refractivity contribution is 0.122. The van der Waals surface area contributed by atoms with E-state index in [1.165, 1.54) is 5.56 Å². The molecule has 2 N–H and O–H groups in total. The Morgan fingerprint density at radius 3 is 2.42 bits per heavy atom. The molecule has 1 aromatic carbocycles. The first-order valence-electron chi connectivity index (χ1n) is 6.68. The minimum atomic E-state index is 0.0101. The van der Waals surface area contributed by atoms with Gasteiger partial charge in [-0.1, -0.05) is 12.1 Å². The second-order valence-corrected chi connectivity index (χ2v) is 4.79. The molecule has 108 valence electrons. The predicted octanol–water partition coefficient (Wildman–Crippen LogP) is 1.61. The second-order valence-electron chi connectivity index (χ2n) is 4.79. The van der Waals surface area contributed by atoms with Crippen LogP contribution in [0.5, 0.6) is 5.75 Å². The number of nitrogens with one attached hydrogen (secondary N) is 1. The van der Waals surface area contributed by atoms with E-state index in [4.69, 9.17) is 9.47 Å². The number of aliphatic hydroxyl groups excluding tert-OH is 1. The van der Waals surface area contributed by atoms with Gasteiger partial charge in [-0.2, -0.15) is 0 Å². The molecule has 0 saturated heterocycles. The molecular formula is C15H25NO3. The molecule has 19 heavy (non-hydrogen) atoms. The van der Waals surface area contributed by atoms with Gasteiger partial charge in [-0.3, -0.25) is 0 Å². The zero-order chi connectivity index (χ0) is 14.1. The predicted molar refractivity (Wildman–Crippen MR) is 76.7 cm³/mol. The number of aliphatic hydroxyl groups is 1. The Morgan fingerprint density at radius 1 is 1.21 bits per heavy atom. The molecule has 0 bridgehead atoms. The smallest absolute Gasteiger partial charge is 0.118 e. The van der Waals surface area contributed by atoms with Crippen molar-refractivity contribution in [2.75, 3.05) is 27.4 Å². The summed E-state index contributed by atoms with van der Waals surface area (Å²) in [6.45, 7) is 2.76. The number of methoxy groups -OCH3 is 2. The van der Waals surface area contributed by atoms with Crippen molar-refractivity contribution in [1.29, 1.82) is 0 Å². The highest BCUT2D eigenvalue weighted by Crippen LogP contribution is 2.13. The molecule has 0 aliphatic rings. The van der Waals surface area contributed by atoms with Crippen molar-refractivity contribution in [3.8, 4) is 5.75 Å². The van der Waals surface area contributed by atoms with E-state index in [2.05, 4.69) is 24.4 Å². The molecule has 0 heterocycles. The van der Waals surface area contributed by atoms with E-state index in [-0.39, 0.29) is 12.6 Å². The number of benzene rings is 1. The second kappa shape index (κ2) is 8.91. The molecule has 0 aromatic heterocycles. The zero-order valence-corrected chi connectivity index (χ0v) is 12.1. The summed E-state index contributed by atoms with van der Waals surface area (Å²) in [6, 6.07) is 8.49. The number of aryl methyl sites for hydroxylation is 1. The van der Waals surface area contributed by atoms with Crippen molar-refractivity contribution in [3.63, 3.8) is 0 Å². The highest BCUT2D eigenvalue weighted by atomic mass is 16.5. The summed E-state index contributed by atoms with van der Waals surface area (Å²) in [7, 11) is 3.32. The van der Waals surface area contributed by atoms with Gasteiger partial charge in [0.25, 0.3) is 0 Å². The van der Waals surface area contributed by atoms with Gasteiger partial charge >= 0.3 is 0 Å². The van der Waals surface area contributed by atoms with Gasteiger partial charge in [0.05, 0.1) is 26.4 Å². The van der Waals surface area contributed by atoms with Gasteiger partial charge in [-0.15, -0.1) is 0 Å². The third kappa shape index (κ3) is 6.05. The Balaban J connectivity index is 2.33. The van der Waals surface area contributed by atoms with E-state index >= 15 is 0 Å². The van der Waals surface area contributed by atoms with Crippen LogP contribution >= 0.6 is 0 Å². The van der Waals surface area contributed by atoms with Gasteiger partial charge in [0.1, 0.15) is 5.75 Å². The fraction of sp³-hybridized carbons (Fsp3) is 0.600. The Labute approximate surface area is 115 Å². The number of ether oxygens (including phenoxy) is 2. The van der Waals surface area contributed by atoms with E-state index in [0.29, 0.717) is 12.6 Å². The number of rotatable bonds is 9. The van der Waals surface area contributed by atoms with Crippen molar-refractivity contribution < 1.29 is 14.6 Å². The van der Waals surface area contributed by atoms with Crippen LogP contribution in [0.15, 0.2) is 24.3 Å². The van der Waals surface area contributed by atoms with Crippen LogP contribution in [-0.2, 0) is 11.2 Å². The van der Waals surface area contributed by atoms with Crippen LogP contribution in [0.1, 0.15) is 18.9 Å². The minimum Gasteiger partial charge on any atom is -0.497 e. The molecule has 1 aromatic rings. The lowest BCUT2D eigenvalue weighted by Crippen LogP contribution is -2.42. The summed E-state index contributed by atoms with van der Waals surface area (Å²) in [4.78, 5) is 0. The van der Waals surface area contributed by atoms with Crippen LogP contribution in [0.25, 0.3) is 0 Å². The molecule has 0 spiro atoms. The third-order valence-corrected chi connectivity index (χ3v) is 3.13. The van der Waals surface area contributed by atoms with E-state index in [0.717, 1.165) is 18.6 Å². The molecule has 0 fully saturated rings. The molecule has 0 aliphatic carbocycles. The molecule has 4 heteroatoms. The summed E-state index contributed by atoms with van der Waals surface area (Å²) >= 11 is 0. The SMILES string of the molecule is COCC(CO)NC(C)CCc1ccc(OC)cc1. The van der Waals surface area contributed by atoms with E-state index in [1.54, 1.807) is 14.2 Å². The molecule has 0 aliphatic heterocycles. The van der Waals surface area contributed by atoms with Gasteiger partial charge in [-0.25, -0.2) is 0 Å². The first kappa shape index (κ1) is 16.0. The van der Waals surface area contributed by atoms with Crippen LogP contribution in [0, 0.1) is 0 Å². The minimum absolute atomic E-state index is 0.0101. The van der Waals surface area contributed by atoms with E-state index in [1.807, 2.05) is 12.1 Å².